The van der Waals surface area contributed by atoms with Crippen LogP contribution < -0.4 is 5.32 Å². The van der Waals surface area contributed by atoms with Gasteiger partial charge in [-0.15, -0.1) is 0 Å². The molecule has 0 atom stereocenters. The van der Waals surface area contributed by atoms with Crippen molar-refractivity contribution >= 4 is 23.1 Å². The van der Waals surface area contributed by atoms with Gasteiger partial charge in [0.05, 0.1) is 5.56 Å². The fraction of sp³-hybridized carbons (Fsp3) is 0.0588. The summed E-state index contributed by atoms with van der Waals surface area (Å²) in [6, 6.07) is 6.83. The Morgan fingerprint density at radius 2 is 1.56 bits per heavy atom. The van der Waals surface area contributed by atoms with Gasteiger partial charge >= 0.3 is 6.18 Å². The Balaban J connectivity index is 1.98. The second-order valence-electron chi connectivity index (χ2n) is 5.36. The summed E-state index contributed by atoms with van der Waals surface area (Å²) in [6.45, 7) is 0. The molecule has 1 heterocycles. The van der Waals surface area contributed by atoms with Crippen LogP contribution in [0.2, 0.25) is 5.15 Å². The molecule has 0 fully saturated rings. The average Bonchev–Trinajstić information content (AvgIpc) is 2.58. The van der Waals surface area contributed by atoms with E-state index in [4.69, 9.17) is 11.6 Å². The summed E-state index contributed by atoms with van der Waals surface area (Å²) in [6.07, 6.45) is -4.56. The summed E-state index contributed by atoms with van der Waals surface area (Å²) in [7, 11) is 0. The standard InChI is InChI=1S/C17H8ClF6N3/c18-13-7-14(25-10-5-11(19)15(21)12(20)6-10)27-16(26-13)8-2-1-3-9(4-8)17(22,23)24/h1-7H,(H,25,26,27). The number of benzene rings is 2. The number of hydrogen-bond donors (Lipinski definition) is 1. The first kappa shape index (κ1) is 19.0. The molecule has 0 saturated heterocycles. The van der Waals surface area contributed by atoms with Gasteiger partial charge in [-0.05, 0) is 12.1 Å². The molecule has 10 heteroatoms. The third kappa shape index (κ3) is 4.30. The van der Waals surface area contributed by atoms with Gasteiger partial charge in [0.15, 0.2) is 23.3 Å². The van der Waals surface area contributed by atoms with Gasteiger partial charge in [0.25, 0.3) is 0 Å². The zero-order valence-corrected chi connectivity index (χ0v) is 13.8. The number of aromatic nitrogens is 2. The second kappa shape index (κ2) is 7.07. The Bertz CT molecular complexity index is 983. The molecular weight excluding hydrogens is 396 g/mol. The molecule has 0 aliphatic carbocycles. The highest BCUT2D eigenvalue weighted by atomic mass is 35.5. The van der Waals surface area contributed by atoms with E-state index in [-0.39, 0.29) is 28.0 Å². The third-order valence-electron chi connectivity index (χ3n) is 3.40. The summed E-state index contributed by atoms with van der Waals surface area (Å²) in [5.41, 5.74) is -1.04. The highest BCUT2D eigenvalue weighted by molar-refractivity contribution is 6.29. The number of nitrogens with one attached hydrogen (secondary N) is 1. The topological polar surface area (TPSA) is 37.8 Å². The molecule has 3 nitrogen and oxygen atoms in total. The summed E-state index contributed by atoms with van der Waals surface area (Å²) in [5.74, 6) is -4.66. The molecule has 0 saturated carbocycles. The van der Waals surface area contributed by atoms with Crippen LogP contribution in [0.4, 0.5) is 37.8 Å². The SMILES string of the molecule is Fc1cc(Nc2cc(Cl)nc(-c3cccc(C(F)(F)F)c3)n2)cc(F)c1F. The lowest BCUT2D eigenvalue weighted by Gasteiger charge is -2.10. The first-order valence-electron chi connectivity index (χ1n) is 7.27. The molecule has 3 rings (SSSR count). The maximum atomic E-state index is 13.3. The normalized spacial score (nSPS) is 11.5. The van der Waals surface area contributed by atoms with Crippen LogP contribution in [0.15, 0.2) is 42.5 Å². The van der Waals surface area contributed by atoms with E-state index < -0.39 is 29.2 Å². The van der Waals surface area contributed by atoms with Gasteiger partial charge in [0.2, 0.25) is 0 Å². The minimum atomic E-state index is -4.56. The molecule has 0 radical (unpaired) electrons. The lowest BCUT2D eigenvalue weighted by molar-refractivity contribution is -0.137. The van der Waals surface area contributed by atoms with Crippen LogP contribution in [0.3, 0.4) is 0 Å². The first-order valence-corrected chi connectivity index (χ1v) is 7.65. The zero-order chi connectivity index (χ0) is 19.8. The first-order chi connectivity index (χ1) is 12.6. The van der Waals surface area contributed by atoms with Crippen LogP contribution in [0.1, 0.15) is 5.56 Å². The molecule has 0 aliphatic heterocycles. The minimum absolute atomic E-state index is 0.0341. The van der Waals surface area contributed by atoms with Crippen molar-refractivity contribution in [2.24, 2.45) is 0 Å². The van der Waals surface area contributed by atoms with E-state index in [0.29, 0.717) is 12.1 Å². The highest BCUT2D eigenvalue weighted by Crippen LogP contribution is 2.32. The van der Waals surface area contributed by atoms with Crippen LogP contribution in [-0.2, 0) is 6.18 Å². The van der Waals surface area contributed by atoms with E-state index in [9.17, 15) is 26.3 Å². The van der Waals surface area contributed by atoms with Gasteiger partial charge < -0.3 is 5.32 Å². The summed E-state index contributed by atoms with van der Waals surface area (Å²) in [5, 5.41) is 2.38. The number of hydrogen-bond acceptors (Lipinski definition) is 3. The van der Waals surface area contributed by atoms with Gasteiger partial charge in [-0.3, -0.25) is 0 Å². The molecule has 0 amide bonds. The third-order valence-corrected chi connectivity index (χ3v) is 3.59. The predicted molar refractivity (Wildman–Crippen MR) is 87.1 cm³/mol. The van der Waals surface area contributed by atoms with Crippen LogP contribution in [0, 0.1) is 17.5 Å². The molecule has 27 heavy (non-hydrogen) atoms. The molecule has 0 bridgehead atoms. The molecular formula is C17H8ClF6N3. The Hall–Kier alpha value is -2.81. The number of halogens is 7. The molecule has 3 aromatic rings. The van der Waals surface area contributed by atoms with Gasteiger partial charge in [0, 0.05) is 29.4 Å². The van der Waals surface area contributed by atoms with Crippen molar-refractivity contribution in [1.29, 1.82) is 0 Å². The number of rotatable bonds is 3. The fourth-order valence-electron chi connectivity index (χ4n) is 2.22. The summed E-state index contributed by atoms with van der Waals surface area (Å²) >= 11 is 5.86. The largest absolute Gasteiger partial charge is 0.416 e. The van der Waals surface area contributed by atoms with Crippen molar-refractivity contribution in [2.75, 3.05) is 5.32 Å². The Labute approximate surface area is 153 Å². The molecule has 1 N–H and O–H groups in total. The van der Waals surface area contributed by atoms with Crippen molar-refractivity contribution in [3.63, 3.8) is 0 Å². The smallest absolute Gasteiger partial charge is 0.340 e. The van der Waals surface area contributed by atoms with Crippen LogP contribution in [0.25, 0.3) is 11.4 Å². The Morgan fingerprint density at radius 1 is 0.889 bits per heavy atom. The number of anilines is 2. The maximum Gasteiger partial charge on any atom is 0.416 e. The van der Waals surface area contributed by atoms with E-state index in [2.05, 4.69) is 15.3 Å². The monoisotopic (exact) mass is 403 g/mol. The predicted octanol–water partition coefficient (Wildman–Crippen LogP) is 5.98. The van der Waals surface area contributed by atoms with Crippen molar-refractivity contribution in [2.45, 2.75) is 6.18 Å². The van der Waals surface area contributed by atoms with Crippen molar-refractivity contribution < 1.29 is 26.3 Å². The quantitative estimate of drug-likeness (QED) is 0.332. The van der Waals surface area contributed by atoms with Crippen molar-refractivity contribution in [1.82, 2.24) is 9.97 Å². The Kier molecular flexibility index (Phi) is 4.97. The summed E-state index contributed by atoms with van der Waals surface area (Å²) in [4.78, 5) is 7.85. The summed E-state index contributed by atoms with van der Waals surface area (Å²) < 4.78 is 78.2. The van der Waals surface area contributed by atoms with E-state index in [0.717, 1.165) is 12.1 Å². The van der Waals surface area contributed by atoms with E-state index in [1.165, 1.54) is 18.2 Å². The molecule has 0 spiro atoms. The highest BCUT2D eigenvalue weighted by Gasteiger charge is 2.30. The number of nitrogens with zero attached hydrogens (tertiary/aromatic N) is 2. The van der Waals surface area contributed by atoms with Crippen molar-refractivity contribution in [3.05, 3.63) is 70.6 Å². The lowest BCUT2D eigenvalue weighted by Crippen LogP contribution is -2.05. The lowest BCUT2D eigenvalue weighted by atomic mass is 10.1. The molecule has 140 valence electrons. The van der Waals surface area contributed by atoms with Crippen molar-refractivity contribution in [3.8, 4) is 11.4 Å². The van der Waals surface area contributed by atoms with Crippen LogP contribution in [-0.4, -0.2) is 9.97 Å². The fourth-order valence-corrected chi connectivity index (χ4v) is 2.40. The van der Waals surface area contributed by atoms with Gasteiger partial charge in [0.1, 0.15) is 11.0 Å². The number of alkyl halides is 3. The average molecular weight is 404 g/mol. The van der Waals surface area contributed by atoms with Gasteiger partial charge in [-0.1, -0.05) is 23.7 Å². The zero-order valence-electron chi connectivity index (χ0n) is 13.1. The maximum absolute atomic E-state index is 13.3. The molecule has 1 aromatic heterocycles. The van der Waals surface area contributed by atoms with E-state index in [1.807, 2.05) is 0 Å². The second-order valence-corrected chi connectivity index (χ2v) is 5.74. The molecule has 2 aromatic carbocycles. The van der Waals surface area contributed by atoms with Crippen LogP contribution >= 0.6 is 11.6 Å². The van der Waals surface area contributed by atoms with Gasteiger partial charge in [-0.25, -0.2) is 23.1 Å². The Morgan fingerprint density at radius 3 is 2.19 bits per heavy atom. The van der Waals surface area contributed by atoms with E-state index >= 15 is 0 Å². The molecule has 0 unspecified atom stereocenters. The van der Waals surface area contributed by atoms with Gasteiger partial charge in [-0.2, -0.15) is 13.2 Å². The minimum Gasteiger partial charge on any atom is -0.340 e. The molecule has 0 aliphatic rings. The van der Waals surface area contributed by atoms with Crippen LogP contribution in [0.5, 0.6) is 0 Å². The van der Waals surface area contributed by atoms with E-state index in [1.54, 1.807) is 0 Å².